The van der Waals surface area contributed by atoms with E-state index in [0.29, 0.717) is 5.02 Å². The van der Waals surface area contributed by atoms with E-state index in [1.807, 2.05) is 18.3 Å². The molecule has 1 aromatic heterocycles. The Kier molecular flexibility index (Phi) is 4.11. The Bertz CT molecular complexity index is 672. The Labute approximate surface area is 133 Å². The van der Waals surface area contributed by atoms with Crippen molar-refractivity contribution in [3.05, 3.63) is 57.7 Å². The Morgan fingerprint density at radius 1 is 1.09 bits per heavy atom. The first-order valence-electron chi connectivity index (χ1n) is 7.06. The van der Waals surface area contributed by atoms with Gasteiger partial charge in [0.1, 0.15) is 13.1 Å². The number of H-pyrrole nitrogens is 1. The van der Waals surface area contributed by atoms with Gasteiger partial charge in [0.05, 0.1) is 34.9 Å². The number of benzene rings is 1. The largest absolute Gasteiger partial charge is 0.362 e. The van der Waals surface area contributed by atoms with Crippen LogP contribution < -0.4 is 14.8 Å². The molecule has 0 saturated carbocycles. The highest BCUT2D eigenvalue weighted by Gasteiger charge is 2.24. The predicted molar refractivity (Wildman–Crippen MR) is 85.5 cm³/mol. The van der Waals surface area contributed by atoms with E-state index in [1.165, 1.54) is 12.1 Å². The van der Waals surface area contributed by atoms with Gasteiger partial charge in [-0.1, -0.05) is 17.7 Å². The van der Waals surface area contributed by atoms with Crippen molar-refractivity contribution >= 4 is 28.8 Å². The minimum absolute atomic E-state index is 0.0197. The predicted octanol–water partition coefficient (Wildman–Crippen LogP) is 2.39. The molecule has 1 N–H and O–H groups in total. The third kappa shape index (κ3) is 2.96. The van der Waals surface area contributed by atoms with Gasteiger partial charge in [-0.05, 0) is 12.1 Å². The summed E-state index contributed by atoms with van der Waals surface area (Å²) in [5.74, 6) is 1.09. The summed E-state index contributed by atoms with van der Waals surface area (Å²) in [6, 6.07) is 10.6. The van der Waals surface area contributed by atoms with Gasteiger partial charge >= 0.3 is 0 Å². The van der Waals surface area contributed by atoms with Gasteiger partial charge < -0.3 is 4.90 Å². The first-order chi connectivity index (χ1) is 10.6. The minimum Gasteiger partial charge on any atom is -0.362 e. The fourth-order valence-corrected chi connectivity index (χ4v) is 2.93. The van der Waals surface area contributed by atoms with Gasteiger partial charge in [-0.3, -0.25) is 15.0 Å². The Hall–Kier alpha value is -2.34. The van der Waals surface area contributed by atoms with Crippen LogP contribution in [0, 0.1) is 10.1 Å². The maximum Gasteiger partial charge on any atom is 0.274 e. The van der Waals surface area contributed by atoms with E-state index < -0.39 is 4.92 Å². The lowest BCUT2D eigenvalue weighted by molar-refractivity contribution is -0.384. The molecular weight excluding hydrogens is 304 g/mol. The number of nitro benzene ring substituents is 1. The van der Waals surface area contributed by atoms with Crippen LogP contribution in [0.4, 0.5) is 17.2 Å². The van der Waals surface area contributed by atoms with Crippen LogP contribution in [0.5, 0.6) is 0 Å². The maximum absolute atomic E-state index is 10.8. The molecular formula is C15H16ClN4O2+. The number of pyridine rings is 1. The van der Waals surface area contributed by atoms with Crippen LogP contribution in [0.15, 0.2) is 42.6 Å². The third-order valence-corrected chi connectivity index (χ3v) is 4.10. The number of piperazine rings is 1. The van der Waals surface area contributed by atoms with Crippen LogP contribution >= 0.6 is 11.6 Å². The van der Waals surface area contributed by atoms with Crippen molar-refractivity contribution < 1.29 is 9.91 Å². The number of nitrogens with one attached hydrogen (secondary N) is 1. The van der Waals surface area contributed by atoms with E-state index in [1.54, 1.807) is 6.07 Å². The monoisotopic (exact) mass is 319 g/mol. The van der Waals surface area contributed by atoms with Gasteiger partial charge in [0, 0.05) is 18.2 Å². The van der Waals surface area contributed by atoms with Gasteiger partial charge in [-0.15, -0.1) is 0 Å². The maximum atomic E-state index is 10.8. The molecule has 0 radical (unpaired) electrons. The van der Waals surface area contributed by atoms with E-state index in [4.69, 9.17) is 11.6 Å². The first kappa shape index (κ1) is 14.6. The molecule has 1 aliphatic heterocycles. The number of rotatable bonds is 3. The summed E-state index contributed by atoms with van der Waals surface area (Å²) in [6.45, 7) is 3.38. The number of nitrogens with zero attached hydrogens (tertiary/aromatic N) is 3. The molecule has 22 heavy (non-hydrogen) atoms. The molecule has 0 amide bonds. The summed E-state index contributed by atoms with van der Waals surface area (Å²) < 4.78 is 0. The van der Waals surface area contributed by atoms with Crippen LogP contribution in [0.1, 0.15) is 0 Å². The zero-order chi connectivity index (χ0) is 15.5. The zero-order valence-corrected chi connectivity index (χ0v) is 12.7. The summed E-state index contributed by atoms with van der Waals surface area (Å²) in [4.78, 5) is 18.0. The smallest absolute Gasteiger partial charge is 0.274 e. The van der Waals surface area contributed by atoms with E-state index in [0.717, 1.165) is 37.7 Å². The number of aromatic amines is 1. The topological polar surface area (TPSA) is 63.8 Å². The Balaban J connectivity index is 1.70. The van der Waals surface area contributed by atoms with Crippen molar-refractivity contribution in [1.29, 1.82) is 0 Å². The molecule has 6 nitrogen and oxygen atoms in total. The fourth-order valence-electron chi connectivity index (χ4n) is 2.63. The van der Waals surface area contributed by atoms with Crippen molar-refractivity contribution in [2.75, 3.05) is 36.0 Å². The van der Waals surface area contributed by atoms with Crippen molar-refractivity contribution in [1.82, 2.24) is 0 Å². The van der Waals surface area contributed by atoms with Crippen LogP contribution in [0.25, 0.3) is 0 Å². The first-order valence-corrected chi connectivity index (χ1v) is 7.43. The molecule has 0 bridgehead atoms. The van der Waals surface area contributed by atoms with Crippen molar-refractivity contribution in [2.24, 2.45) is 0 Å². The fraction of sp³-hybridized carbons (Fsp3) is 0.267. The molecule has 0 atom stereocenters. The Morgan fingerprint density at radius 2 is 1.82 bits per heavy atom. The zero-order valence-electron chi connectivity index (χ0n) is 11.9. The van der Waals surface area contributed by atoms with E-state index in [-0.39, 0.29) is 5.69 Å². The van der Waals surface area contributed by atoms with Crippen LogP contribution in [-0.4, -0.2) is 31.1 Å². The number of non-ortho nitro benzene ring substituents is 1. The van der Waals surface area contributed by atoms with Gasteiger partial charge in [0.25, 0.3) is 11.5 Å². The summed E-state index contributed by atoms with van der Waals surface area (Å²) >= 11 is 6.19. The summed E-state index contributed by atoms with van der Waals surface area (Å²) in [7, 11) is 0. The SMILES string of the molecule is O=[N+]([O-])c1ccc(N2CCN(c3cccc[nH+]3)CC2)c(Cl)c1. The molecule has 1 aliphatic rings. The quantitative estimate of drug-likeness (QED) is 0.643. The van der Waals surface area contributed by atoms with Crippen molar-refractivity contribution in [3.63, 3.8) is 0 Å². The highest BCUT2D eigenvalue weighted by atomic mass is 35.5. The Morgan fingerprint density at radius 3 is 2.41 bits per heavy atom. The lowest BCUT2D eigenvalue weighted by Crippen LogP contribution is -2.48. The third-order valence-electron chi connectivity index (χ3n) is 3.80. The molecule has 0 aliphatic carbocycles. The molecule has 0 spiro atoms. The molecule has 1 saturated heterocycles. The standard InChI is InChI=1S/C15H15ClN4O2/c16-13-11-12(20(21)22)4-5-14(13)18-7-9-19(10-8-18)15-3-1-2-6-17-15/h1-6,11H,7-10H2/p+1. The molecule has 3 rings (SSSR count). The van der Waals surface area contributed by atoms with E-state index in [2.05, 4.69) is 20.9 Å². The molecule has 0 unspecified atom stereocenters. The highest BCUT2D eigenvalue weighted by molar-refractivity contribution is 6.33. The molecule has 2 aromatic rings. The molecule has 7 heteroatoms. The van der Waals surface area contributed by atoms with E-state index in [9.17, 15) is 10.1 Å². The van der Waals surface area contributed by atoms with Gasteiger partial charge in [-0.2, -0.15) is 0 Å². The van der Waals surface area contributed by atoms with E-state index >= 15 is 0 Å². The lowest BCUT2D eigenvalue weighted by atomic mass is 10.2. The average molecular weight is 320 g/mol. The van der Waals surface area contributed by atoms with Crippen LogP contribution in [-0.2, 0) is 0 Å². The number of hydrogen-bond acceptors (Lipinski definition) is 4. The second-order valence-corrected chi connectivity index (χ2v) is 5.52. The van der Waals surface area contributed by atoms with Crippen LogP contribution in [0.3, 0.4) is 0 Å². The molecule has 2 heterocycles. The number of halogens is 1. The second kappa shape index (κ2) is 6.19. The normalized spacial score (nSPS) is 15.0. The highest BCUT2D eigenvalue weighted by Crippen LogP contribution is 2.30. The van der Waals surface area contributed by atoms with Gasteiger partial charge in [0.2, 0.25) is 0 Å². The number of hydrogen-bond donors (Lipinski definition) is 0. The summed E-state index contributed by atoms with van der Waals surface area (Å²) in [5, 5.41) is 11.2. The minimum atomic E-state index is -0.432. The van der Waals surface area contributed by atoms with Crippen LogP contribution in [0.2, 0.25) is 5.02 Å². The van der Waals surface area contributed by atoms with Crippen molar-refractivity contribution in [2.45, 2.75) is 0 Å². The number of aromatic nitrogens is 1. The second-order valence-electron chi connectivity index (χ2n) is 5.11. The molecule has 1 aromatic carbocycles. The number of nitro groups is 1. The van der Waals surface area contributed by atoms with Gasteiger partial charge in [0.15, 0.2) is 0 Å². The van der Waals surface area contributed by atoms with Crippen molar-refractivity contribution in [3.8, 4) is 0 Å². The lowest BCUT2D eigenvalue weighted by Gasteiger charge is -2.32. The van der Waals surface area contributed by atoms with Gasteiger partial charge in [-0.25, -0.2) is 4.98 Å². The summed E-state index contributed by atoms with van der Waals surface area (Å²) in [6.07, 6.45) is 1.91. The average Bonchev–Trinajstić information content (AvgIpc) is 2.56. The number of anilines is 2. The molecule has 1 fully saturated rings. The summed E-state index contributed by atoms with van der Waals surface area (Å²) in [5.41, 5.74) is 0.871. The molecule has 114 valence electrons.